The van der Waals surface area contributed by atoms with E-state index in [4.69, 9.17) is 0 Å². The Balaban J connectivity index is 1.76. The zero-order valence-corrected chi connectivity index (χ0v) is 11.3. The van der Waals surface area contributed by atoms with Gasteiger partial charge >= 0.3 is 0 Å². The van der Waals surface area contributed by atoms with Gasteiger partial charge in [0.15, 0.2) is 11.6 Å². The number of carbonyl (C=O) groups is 1. The molecular weight excluding hydrogens is 262 g/mol. The van der Waals surface area contributed by atoms with E-state index in [-0.39, 0.29) is 5.56 Å². The first-order valence-corrected chi connectivity index (χ1v) is 7.14. The summed E-state index contributed by atoms with van der Waals surface area (Å²) in [6, 6.07) is 4.14. The van der Waals surface area contributed by atoms with Crippen LogP contribution in [-0.4, -0.2) is 47.9 Å². The number of piperazine rings is 1. The second-order valence-corrected chi connectivity index (χ2v) is 5.54. The lowest BCUT2D eigenvalue weighted by molar-refractivity contribution is 0.0368. The fourth-order valence-corrected chi connectivity index (χ4v) is 3.18. The molecule has 2 fully saturated rings. The normalized spacial score (nSPS) is 23.5. The Morgan fingerprint density at radius 1 is 1.15 bits per heavy atom. The standard InChI is InChI=1S/C15H18F2N2O/c16-13-6-3-5-12(14(13)17)15(20)19-9-8-18-7-2-1-4-11(18)10-19/h3,5-6,11H,1-2,4,7-10H2. The van der Waals surface area contributed by atoms with Crippen molar-refractivity contribution in [2.24, 2.45) is 0 Å². The maximum Gasteiger partial charge on any atom is 0.257 e. The monoisotopic (exact) mass is 280 g/mol. The van der Waals surface area contributed by atoms with Crippen molar-refractivity contribution in [1.29, 1.82) is 0 Å². The van der Waals surface area contributed by atoms with Gasteiger partial charge in [-0.1, -0.05) is 12.5 Å². The van der Waals surface area contributed by atoms with Crippen LogP contribution in [0.2, 0.25) is 0 Å². The van der Waals surface area contributed by atoms with Crippen LogP contribution >= 0.6 is 0 Å². The van der Waals surface area contributed by atoms with Crippen molar-refractivity contribution in [2.75, 3.05) is 26.2 Å². The summed E-state index contributed by atoms with van der Waals surface area (Å²) < 4.78 is 26.9. The minimum absolute atomic E-state index is 0.158. The molecule has 0 aromatic heterocycles. The van der Waals surface area contributed by atoms with Crippen LogP contribution in [0.5, 0.6) is 0 Å². The lowest BCUT2D eigenvalue weighted by atomic mass is 9.99. The first kappa shape index (κ1) is 13.5. The van der Waals surface area contributed by atoms with Gasteiger partial charge in [0.1, 0.15) is 0 Å². The average molecular weight is 280 g/mol. The molecule has 1 aromatic carbocycles. The second kappa shape index (κ2) is 5.48. The van der Waals surface area contributed by atoms with Gasteiger partial charge in [-0.3, -0.25) is 9.69 Å². The van der Waals surface area contributed by atoms with Crippen LogP contribution in [-0.2, 0) is 0 Å². The van der Waals surface area contributed by atoms with Crippen molar-refractivity contribution in [3.8, 4) is 0 Å². The van der Waals surface area contributed by atoms with Crippen molar-refractivity contribution in [3.63, 3.8) is 0 Å². The van der Waals surface area contributed by atoms with E-state index in [0.29, 0.717) is 19.1 Å². The molecule has 0 spiro atoms. The molecule has 1 amide bonds. The largest absolute Gasteiger partial charge is 0.336 e. The molecule has 1 unspecified atom stereocenters. The summed E-state index contributed by atoms with van der Waals surface area (Å²) in [5.41, 5.74) is -0.158. The van der Waals surface area contributed by atoms with Crippen LogP contribution in [0.15, 0.2) is 18.2 Å². The van der Waals surface area contributed by atoms with Gasteiger partial charge in [0, 0.05) is 25.7 Å². The molecule has 5 heteroatoms. The predicted octanol–water partition coefficient (Wildman–Crippen LogP) is 2.28. The molecule has 2 heterocycles. The molecule has 108 valence electrons. The van der Waals surface area contributed by atoms with E-state index < -0.39 is 17.5 Å². The Morgan fingerprint density at radius 2 is 2.00 bits per heavy atom. The van der Waals surface area contributed by atoms with E-state index in [1.165, 1.54) is 25.0 Å². The molecule has 20 heavy (non-hydrogen) atoms. The minimum atomic E-state index is -1.04. The van der Waals surface area contributed by atoms with Gasteiger partial charge in [-0.05, 0) is 31.5 Å². The van der Waals surface area contributed by atoms with Crippen molar-refractivity contribution in [2.45, 2.75) is 25.3 Å². The van der Waals surface area contributed by atoms with Gasteiger partial charge in [-0.25, -0.2) is 8.78 Å². The van der Waals surface area contributed by atoms with E-state index in [1.807, 2.05) is 0 Å². The van der Waals surface area contributed by atoms with E-state index in [2.05, 4.69) is 4.90 Å². The third-order valence-corrected chi connectivity index (χ3v) is 4.31. The molecule has 0 aliphatic carbocycles. The third kappa shape index (κ3) is 2.42. The molecule has 2 aliphatic rings. The molecule has 0 bridgehead atoms. The molecule has 1 aromatic rings. The smallest absolute Gasteiger partial charge is 0.257 e. The molecular formula is C15H18F2N2O. The fourth-order valence-electron chi connectivity index (χ4n) is 3.18. The zero-order chi connectivity index (χ0) is 14.1. The number of carbonyl (C=O) groups excluding carboxylic acids is 1. The minimum Gasteiger partial charge on any atom is -0.336 e. The number of hydrogen-bond acceptors (Lipinski definition) is 2. The summed E-state index contributed by atoms with van der Waals surface area (Å²) in [7, 11) is 0. The highest BCUT2D eigenvalue weighted by molar-refractivity contribution is 5.94. The van der Waals surface area contributed by atoms with Crippen LogP contribution in [0, 0.1) is 11.6 Å². The van der Waals surface area contributed by atoms with Gasteiger partial charge in [0.05, 0.1) is 5.56 Å². The van der Waals surface area contributed by atoms with E-state index in [9.17, 15) is 13.6 Å². The number of piperidine rings is 1. The lowest BCUT2D eigenvalue weighted by Crippen LogP contribution is -2.56. The summed E-state index contributed by atoms with van der Waals surface area (Å²) in [6.07, 6.45) is 3.47. The molecule has 0 radical (unpaired) electrons. The van der Waals surface area contributed by atoms with Crippen LogP contribution in [0.4, 0.5) is 8.78 Å². The molecule has 0 saturated carbocycles. The third-order valence-electron chi connectivity index (χ3n) is 4.31. The van der Waals surface area contributed by atoms with Crippen LogP contribution < -0.4 is 0 Å². The number of rotatable bonds is 1. The highest BCUT2D eigenvalue weighted by atomic mass is 19.2. The van der Waals surface area contributed by atoms with Crippen molar-refractivity contribution in [1.82, 2.24) is 9.80 Å². The summed E-state index contributed by atoms with van der Waals surface area (Å²) in [6.45, 7) is 3.12. The van der Waals surface area contributed by atoms with Crippen LogP contribution in [0.25, 0.3) is 0 Å². The Kier molecular flexibility index (Phi) is 3.70. The van der Waals surface area contributed by atoms with Crippen molar-refractivity contribution >= 4 is 5.91 Å². The maximum atomic E-state index is 13.7. The van der Waals surface area contributed by atoms with Gasteiger partial charge in [0.2, 0.25) is 0 Å². The van der Waals surface area contributed by atoms with Crippen molar-refractivity contribution < 1.29 is 13.6 Å². The average Bonchev–Trinajstić information content (AvgIpc) is 2.49. The first-order chi connectivity index (χ1) is 9.66. The van der Waals surface area contributed by atoms with Gasteiger partial charge in [0.25, 0.3) is 5.91 Å². The molecule has 2 saturated heterocycles. The molecule has 0 N–H and O–H groups in total. The lowest BCUT2D eigenvalue weighted by Gasteiger charge is -2.44. The van der Waals surface area contributed by atoms with Gasteiger partial charge in [-0.2, -0.15) is 0 Å². The van der Waals surface area contributed by atoms with Crippen LogP contribution in [0.3, 0.4) is 0 Å². The predicted molar refractivity (Wildman–Crippen MR) is 71.5 cm³/mol. The van der Waals surface area contributed by atoms with Crippen molar-refractivity contribution in [3.05, 3.63) is 35.4 Å². The Hall–Kier alpha value is -1.49. The highest BCUT2D eigenvalue weighted by Crippen LogP contribution is 2.23. The quantitative estimate of drug-likeness (QED) is 0.788. The fraction of sp³-hybridized carbons (Fsp3) is 0.533. The Bertz CT molecular complexity index is 521. The number of nitrogens with zero attached hydrogens (tertiary/aromatic N) is 2. The summed E-state index contributed by atoms with van der Waals surface area (Å²) in [5.74, 6) is -2.40. The van der Waals surface area contributed by atoms with E-state index in [1.54, 1.807) is 4.90 Å². The van der Waals surface area contributed by atoms with Gasteiger partial charge in [-0.15, -0.1) is 0 Å². The summed E-state index contributed by atoms with van der Waals surface area (Å²) in [4.78, 5) is 16.4. The number of benzene rings is 1. The number of fused-ring (bicyclic) bond motifs is 1. The Morgan fingerprint density at radius 3 is 2.85 bits per heavy atom. The number of halogens is 2. The van der Waals surface area contributed by atoms with E-state index >= 15 is 0 Å². The highest BCUT2D eigenvalue weighted by Gasteiger charge is 2.32. The molecule has 2 aliphatic heterocycles. The number of amides is 1. The Labute approximate surface area is 117 Å². The second-order valence-electron chi connectivity index (χ2n) is 5.54. The molecule has 1 atom stereocenters. The SMILES string of the molecule is O=C(c1cccc(F)c1F)N1CCN2CCCCC2C1. The maximum absolute atomic E-state index is 13.7. The van der Waals surface area contributed by atoms with Crippen LogP contribution in [0.1, 0.15) is 29.6 Å². The zero-order valence-electron chi connectivity index (χ0n) is 11.3. The topological polar surface area (TPSA) is 23.6 Å². The first-order valence-electron chi connectivity index (χ1n) is 7.14. The summed E-state index contributed by atoms with van der Waals surface area (Å²) >= 11 is 0. The number of hydrogen-bond donors (Lipinski definition) is 0. The van der Waals surface area contributed by atoms with E-state index in [0.717, 1.165) is 25.6 Å². The summed E-state index contributed by atoms with van der Waals surface area (Å²) in [5, 5.41) is 0. The van der Waals surface area contributed by atoms with Gasteiger partial charge < -0.3 is 4.90 Å². The molecule has 3 rings (SSSR count). The molecule has 3 nitrogen and oxygen atoms in total.